The van der Waals surface area contributed by atoms with E-state index in [1.54, 1.807) is 11.1 Å². The Morgan fingerprint density at radius 2 is 1.89 bits per heavy atom. The van der Waals surface area contributed by atoms with Crippen molar-refractivity contribution in [3.63, 3.8) is 0 Å². The van der Waals surface area contributed by atoms with Gasteiger partial charge in [-0.25, -0.2) is 0 Å². The Hall–Kier alpha value is -3.21. The lowest BCUT2D eigenvalue weighted by atomic mass is 9.75. The molecule has 27 heavy (non-hydrogen) atoms. The van der Waals surface area contributed by atoms with E-state index in [0.29, 0.717) is 18.8 Å². The molecule has 1 aromatic heterocycles. The summed E-state index contributed by atoms with van der Waals surface area (Å²) in [5.74, 6) is -0.116. The molecule has 0 unspecified atom stereocenters. The van der Waals surface area contributed by atoms with Crippen LogP contribution in [0.15, 0.2) is 60.8 Å². The fraction of sp³-hybridized carbons (Fsp3) is 0.227. The highest BCUT2D eigenvalue weighted by Gasteiger charge is 2.50. The molecule has 1 atom stereocenters. The van der Waals surface area contributed by atoms with Gasteiger partial charge in [0.15, 0.2) is 0 Å². The number of carbonyl (C=O) groups is 2. The highest BCUT2D eigenvalue weighted by atomic mass is 16.2. The Kier molecular flexibility index (Phi) is 3.50. The minimum Gasteiger partial charge on any atom is -0.336 e. The van der Waals surface area contributed by atoms with E-state index >= 15 is 0 Å². The number of benzene rings is 2. The summed E-state index contributed by atoms with van der Waals surface area (Å²) >= 11 is 0. The standard InChI is InChI=1S/C22H19N3O2/c26-20(19-16-7-2-1-6-15(16)10-12-23-19)25-13-5-11-22(14-25)17-8-3-4-9-18(17)24-21(22)27/h1-4,6-10,12H,5,11,13-14H2,(H,24,27)/t22-/m0/s1. The Morgan fingerprint density at radius 3 is 2.81 bits per heavy atom. The smallest absolute Gasteiger partial charge is 0.273 e. The van der Waals surface area contributed by atoms with Crippen molar-refractivity contribution in [2.24, 2.45) is 0 Å². The molecule has 2 aliphatic heterocycles. The van der Waals surface area contributed by atoms with Crippen molar-refractivity contribution in [1.29, 1.82) is 0 Å². The number of hydrogen-bond donors (Lipinski definition) is 1. The second-order valence-corrected chi connectivity index (χ2v) is 7.29. The van der Waals surface area contributed by atoms with Crippen LogP contribution in [0.3, 0.4) is 0 Å². The van der Waals surface area contributed by atoms with E-state index in [1.807, 2.05) is 54.6 Å². The predicted molar refractivity (Wildman–Crippen MR) is 104 cm³/mol. The number of fused-ring (bicyclic) bond motifs is 3. The fourth-order valence-corrected chi connectivity index (χ4v) is 4.45. The summed E-state index contributed by atoms with van der Waals surface area (Å²) in [6.45, 7) is 1.03. The number of amides is 2. The number of piperidine rings is 1. The average molecular weight is 357 g/mol. The third kappa shape index (κ3) is 2.35. The maximum absolute atomic E-state index is 13.3. The van der Waals surface area contributed by atoms with Crippen LogP contribution in [0.5, 0.6) is 0 Å². The van der Waals surface area contributed by atoms with Crippen molar-refractivity contribution in [2.75, 3.05) is 18.4 Å². The summed E-state index contributed by atoms with van der Waals surface area (Å²) in [4.78, 5) is 32.3. The zero-order chi connectivity index (χ0) is 18.4. The molecule has 2 amide bonds. The first-order chi connectivity index (χ1) is 13.2. The number of carbonyl (C=O) groups excluding carboxylic acids is 2. The zero-order valence-corrected chi connectivity index (χ0v) is 14.8. The Balaban J connectivity index is 1.53. The van der Waals surface area contributed by atoms with Gasteiger partial charge in [-0.2, -0.15) is 0 Å². The minimum absolute atomic E-state index is 0.00733. The molecule has 3 aromatic rings. The molecule has 5 heteroatoms. The van der Waals surface area contributed by atoms with Gasteiger partial charge < -0.3 is 10.2 Å². The van der Waals surface area contributed by atoms with Gasteiger partial charge in [0, 0.05) is 30.4 Å². The molecule has 0 saturated carbocycles. The van der Waals surface area contributed by atoms with E-state index in [0.717, 1.165) is 34.9 Å². The summed E-state index contributed by atoms with van der Waals surface area (Å²) < 4.78 is 0. The Morgan fingerprint density at radius 1 is 1.07 bits per heavy atom. The Labute approximate surface area is 157 Å². The normalized spacial score (nSPS) is 21.3. The maximum Gasteiger partial charge on any atom is 0.273 e. The second kappa shape index (κ2) is 5.91. The second-order valence-electron chi connectivity index (χ2n) is 7.29. The first-order valence-electron chi connectivity index (χ1n) is 9.23. The van der Waals surface area contributed by atoms with Crippen LogP contribution < -0.4 is 5.32 Å². The summed E-state index contributed by atoms with van der Waals surface area (Å²) in [6, 6.07) is 17.5. The summed E-state index contributed by atoms with van der Waals surface area (Å²) in [7, 11) is 0. The monoisotopic (exact) mass is 357 g/mol. The van der Waals surface area contributed by atoms with Gasteiger partial charge in [-0.15, -0.1) is 0 Å². The lowest BCUT2D eigenvalue weighted by molar-refractivity contribution is -0.122. The highest BCUT2D eigenvalue weighted by molar-refractivity contribution is 6.08. The number of nitrogens with one attached hydrogen (secondary N) is 1. The molecule has 1 fully saturated rings. The molecule has 5 nitrogen and oxygen atoms in total. The lowest BCUT2D eigenvalue weighted by Gasteiger charge is -2.39. The summed E-state index contributed by atoms with van der Waals surface area (Å²) in [6.07, 6.45) is 3.22. The highest BCUT2D eigenvalue weighted by Crippen LogP contribution is 2.43. The molecule has 134 valence electrons. The van der Waals surface area contributed by atoms with Crippen LogP contribution in [0.25, 0.3) is 10.8 Å². The van der Waals surface area contributed by atoms with E-state index in [9.17, 15) is 9.59 Å². The number of pyridine rings is 1. The molecule has 1 spiro atoms. The zero-order valence-electron chi connectivity index (χ0n) is 14.8. The van der Waals surface area contributed by atoms with Crippen LogP contribution in [0.4, 0.5) is 5.69 Å². The third-order valence-corrected chi connectivity index (χ3v) is 5.78. The van der Waals surface area contributed by atoms with Crippen LogP contribution in [0, 0.1) is 0 Å². The van der Waals surface area contributed by atoms with Crippen molar-refractivity contribution in [1.82, 2.24) is 9.88 Å². The number of hydrogen-bond acceptors (Lipinski definition) is 3. The quantitative estimate of drug-likeness (QED) is 0.726. The minimum atomic E-state index is -0.658. The fourth-order valence-electron chi connectivity index (χ4n) is 4.45. The summed E-state index contributed by atoms with van der Waals surface area (Å²) in [5, 5.41) is 4.83. The Bertz CT molecular complexity index is 1070. The molecule has 2 aromatic carbocycles. The van der Waals surface area contributed by atoms with Gasteiger partial charge in [0.2, 0.25) is 5.91 Å². The van der Waals surface area contributed by atoms with Gasteiger partial charge in [0.05, 0.1) is 5.41 Å². The van der Waals surface area contributed by atoms with Crippen molar-refractivity contribution < 1.29 is 9.59 Å². The maximum atomic E-state index is 13.3. The lowest BCUT2D eigenvalue weighted by Crippen LogP contribution is -2.52. The largest absolute Gasteiger partial charge is 0.336 e. The number of rotatable bonds is 1. The molecular weight excluding hydrogens is 338 g/mol. The number of likely N-dealkylation sites (tertiary alicyclic amines) is 1. The van der Waals surface area contributed by atoms with E-state index in [4.69, 9.17) is 0 Å². The molecule has 1 saturated heterocycles. The van der Waals surface area contributed by atoms with Gasteiger partial charge in [-0.05, 0) is 35.9 Å². The summed E-state index contributed by atoms with van der Waals surface area (Å²) in [5.41, 5.74) is 1.66. The van der Waals surface area contributed by atoms with Crippen LogP contribution in [-0.4, -0.2) is 34.8 Å². The van der Waals surface area contributed by atoms with Gasteiger partial charge in [0.25, 0.3) is 5.91 Å². The number of para-hydroxylation sites is 1. The van der Waals surface area contributed by atoms with Crippen LogP contribution >= 0.6 is 0 Å². The van der Waals surface area contributed by atoms with Gasteiger partial charge >= 0.3 is 0 Å². The van der Waals surface area contributed by atoms with E-state index in [2.05, 4.69) is 10.3 Å². The van der Waals surface area contributed by atoms with Crippen molar-refractivity contribution in [3.05, 3.63) is 72.1 Å². The van der Waals surface area contributed by atoms with Crippen molar-refractivity contribution in [2.45, 2.75) is 18.3 Å². The average Bonchev–Trinajstić information content (AvgIpc) is 2.98. The number of anilines is 1. The van der Waals surface area contributed by atoms with E-state index in [1.165, 1.54) is 0 Å². The first kappa shape index (κ1) is 16.0. The molecule has 1 N–H and O–H groups in total. The molecule has 5 rings (SSSR count). The molecule has 2 aliphatic rings. The van der Waals surface area contributed by atoms with Gasteiger partial charge in [-0.3, -0.25) is 14.6 Å². The molecule has 3 heterocycles. The first-order valence-corrected chi connectivity index (χ1v) is 9.23. The number of nitrogens with zero attached hydrogens (tertiary/aromatic N) is 2. The molecule has 0 bridgehead atoms. The van der Waals surface area contributed by atoms with E-state index < -0.39 is 5.41 Å². The van der Waals surface area contributed by atoms with Crippen LogP contribution in [-0.2, 0) is 10.2 Å². The van der Waals surface area contributed by atoms with Gasteiger partial charge in [0.1, 0.15) is 5.69 Å². The number of aromatic nitrogens is 1. The van der Waals surface area contributed by atoms with E-state index in [-0.39, 0.29) is 11.8 Å². The van der Waals surface area contributed by atoms with Crippen molar-refractivity contribution >= 4 is 28.3 Å². The SMILES string of the molecule is O=C(c1nccc2ccccc12)N1CCC[C@@]2(C1)C(=O)Nc1ccccc12. The van der Waals surface area contributed by atoms with Crippen LogP contribution in [0.1, 0.15) is 28.9 Å². The topological polar surface area (TPSA) is 62.3 Å². The predicted octanol–water partition coefficient (Wildman–Crippen LogP) is 3.36. The molecule has 0 aliphatic carbocycles. The molecule has 0 radical (unpaired) electrons. The van der Waals surface area contributed by atoms with Gasteiger partial charge in [-0.1, -0.05) is 42.5 Å². The third-order valence-electron chi connectivity index (χ3n) is 5.78. The van der Waals surface area contributed by atoms with Crippen LogP contribution in [0.2, 0.25) is 0 Å². The molecular formula is C22H19N3O2. The van der Waals surface area contributed by atoms with Crippen molar-refractivity contribution in [3.8, 4) is 0 Å².